The van der Waals surface area contributed by atoms with Gasteiger partial charge in [0.1, 0.15) is 12.3 Å². The van der Waals surface area contributed by atoms with Crippen LogP contribution in [-0.2, 0) is 32.0 Å². The van der Waals surface area contributed by atoms with Gasteiger partial charge < -0.3 is 19.2 Å². The summed E-state index contributed by atoms with van der Waals surface area (Å²) in [4.78, 5) is 39.3. The highest BCUT2D eigenvalue weighted by Crippen LogP contribution is 2.22. The van der Waals surface area contributed by atoms with Crippen molar-refractivity contribution < 1.29 is 28.6 Å². The third-order valence-electron chi connectivity index (χ3n) is 4.12. The normalized spacial score (nSPS) is 10.4. The van der Waals surface area contributed by atoms with Crippen molar-refractivity contribution in [3.05, 3.63) is 58.4 Å². The summed E-state index contributed by atoms with van der Waals surface area (Å²) >= 11 is 0. The summed E-state index contributed by atoms with van der Waals surface area (Å²) in [5.41, 5.74) is 2.10. The van der Waals surface area contributed by atoms with Gasteiger partial charge in [0.05, 0.1) is 24.5 Å². The van der Waals surface area contributed by atoms with E-state index in [9.17, 15) is 14.4 Å². The van der Waals surface area contributed by atoms with Crippen molar-refractivity contribution in [3.63, 3.8) is 0 Å². The van der Waals surface area contributed by atoms with Crippen LogP contribution in [0.4, 0.5) is 0 Å². The van der Waals surface area contributed by atoms with Gasteiger partial charge in [0, 0.05) is 6.42 Å². The second kappa shape index (κ2) is 10.3. The minimum atomic E-state index is -0.581. The summed E-state index contributed by atoms with van der Waals surface area (Å²) in [7, 11) is 0. The second-order valence-electron chi connectivity index (χ2n) is 6.07. The summed E-state index contributed by atoms with van der Waals surface area (Å²) in [5.74, 6) is -1.56. The highest BCUT2D eigenvalue weighted by molar-refractivity contribution is 5.98. The van der Waals surface area contributed by atoms with E-state index >= 15 is 0 Å². The van der Waals surface area contributed by atoms with Gasteiger partial charge in [-0.2, -0.15) is 0 Å². The number of aromatic amines is 1. The number of hydrogen-bond acceptors (Lipinski definition) is 6. The molecule has 7 heteroatoms. The molecule has 7 nitrogen and oxygen atoms in total. The zero-order chi connectivity index (χ0) is 20.5. The zero-order valence-electron chi connectivity index (χ0n) is 16.4. The number of ether oxygens (including phenoxy) is 3. The fourth-order valence-electron chi connectivity index (χ4n) is 2.77. The lowest BCUT2D eigenvalue weighted by atomic mass is 10.1. The molecule has 0 spiro atoms. The number of rotatable bonds is 9. The Morgan fingerprint density at radius 1 is 0.929 bits per heavy atom. The van der Waals surface area contributed by atoms with Gasteiger partial charge in [0.15, 0.2) is 0 Å². The van der Waals surface area contributed by atoms with Crippen LogP contribution in [-0.4, -0.2) is 36.1 Å². The Morgan fingerprint density at radius 3 is 2.21 bits per heavy atom. The number of carbonyl (C=O) groups excluding carboxylic acids is 3. The van der Waals surface area contributed by atoms with Crippen LogP contribution >= 0.6 is 0 Å². The summed E-state index contributed by atoms with van der Waals surface area (Å²) < 4.78 is 15.4. The van der Waals surface area contributed by atoms with Crippen molar-refractivity contribution in [1.29, 1.82) is 0 Å². The molecule has 0 bridgehead atoms. The minimum Gasteiger partial charge on any atom is -0.462 e. The molecule has 150 valence electrons. The third-order valence-corrected chi connectivity index (χ3v) is 4.12. The lowest BCUT2D eigenvalue weighted by Crippen LogP contribution is -2.11. The molecule has 0 saturated carbocycles. The quantitative estimate of drug-likeness (QED) is 0.524. The number of carbonyl (C=O) groups is 3. The molecule has 28 heavy (non-hydrogen) atoms. The standard InChI is InChI=1S/C21H25NO6/c1-4-26-20(24)18-14(3)19(21(25)27-5-2)22-16(18)13-28-17(23)12-11-15-9-7-6-8-10-15/h6-10,22H,4-5,11-13H2,1-3H3. The number of hydrogen-bond donors (Lipinski definition) is 1. The van der Waals surface area contributed by atoms with Crippen molar-refractivity contribution in [3.8, 4) is 0 Å². The third kappa shape index (κ3) is 5.45. The monoisotopic (exact) mass is 387 g/mol. The second-order valence-corrected chi connectivity index (χ2v) is 6.07. The molecule has 0 aliphatic carbocycles. The maximum atomic E-state index is 12.3. The Bertz CT molecular complexity index is 825. The molecule has 1 aromatic carbocycles. The molecule has 0 saturated heterocycles. The zero-order valence-corrected chi connectivity index (χ0v) is 16.4. The molecule has 0 aliphatic rings. The van der Waals surface area contributed by atoms with Crippen molar-refractivity contribution in [1.82, 2.24) is 4.98 Å². The first kappa shape index (κ1) is 21.2. The van der Waals surface area contributed by atoms with Gasteiger partial charge in [-0.1, -0.05) is 30.3 Å². The number of nitrogens with one attached hydrogen (secondary N) is 1. The predicted molar refractivity (Wildman–Crippen MR) is 102 cm³/mol. The van der Waals surface area contributed by atoms with Crippen molar-refractivity contribution >= 4 is 17.9 Å². The van der Waals surface area contributed by atoms with Gasteiger partial charge in [-0.3, -0.25) is 4.79 Å². The first-order valence-corrected chi connectivity index (χ1v) is 9.23. The minimum absolute atomic E-state index is 0.153. The van der Waals surface area contributed by atoms with Crippen LogP contribution < -0.4 is 0 Å². The van der Waals surface area contributed by atoms with Crippen LogP contribution in [0.15, 0.2) is 30.3 Å². The van der Waals surface area contributed by atoms with Crippen LogP contribution in [0.3, 0.4) is 0 Å². The van der Waals surface area contributed by atoms with Gasteiger partial charge in [-0.05, 0) is 38.3 Å². The Morgan fingerprint density at radius 2 is 1.57 bits per heavy atom. The topological polar surface area (TPSA) is 94.7 Å². The van der Waals surface area contributed by atoms with Crippen LogP contribution in [0, 0.1) is 6.92 Å². The highest BCUT2D eigenvalue weighted by atomic mass is 16.5. The molecule has 0 fully saturated rings. The van der Waals surface area contributed by atoms with E-state index in [-0.39, 0.29) is 37.5 Å². The van der Waals surface area contributed by atoms with Crippen molar-refractivity contribution in [2.24, 2.45) is 0 Å². The Labute approximate surface area is 164 Å². The number of aromatic nitrogens is 1. The van der Waals surface area contributed by atoms with Gasteiger partial charge in [0.2, 0.25) is 0 Å². The molecule has 0 amide bonds. The fourth-order valence-corrected chi connectivity index (χ4v) is 2.77. The van der Waals surface area contributed by atoms with E-state index in [0.29, 0.717) is 17.7 Å². The summed E-state index contributed by atoms with van der Waals surface area (Å²) in [6.45, 7) is 5.23. The molecule has 0 atom stereocenters. The first-order valence-electron chi connectivity index (χ1n) is 9.23. The average Bonchev–Trinajstić information content (AvgIpc) is 3.02. The maximum Gasteiger partial charge on any atom is 0.355 e. The van der Waals surface area contributed by atoms with Gasteiger partial charge >= 0.3 is 17.9 Å². The molecule has 0 aliphatic heterocycles. The summed E-state index contributed by atoms with van der Waals surface area (Å²) in [6, 6.07) is 9.60. The van der Waals surface area contributed by atoms with E-state index in [0.717, 1.165) is 5.56 Å². The Hall–Kier alpha value is -3.09. The molecule has 1 N–H and O–H groups in total. The SMILES string of the molecule is CCOC(=O)c1[nH]c(COC(=O)CCc2ccccc2)c(C(=O)OCC)c1C. The van der Waals surface area contributed by atoms with Crippen molar-refractivity contribution in [2.45, 2.75) is 40.2 Å². The average molecular weight is 387 g/mol. The number of esters is 3. The number of aryl methyl sites for hydroxylation is 1. The lowest BCUT2D eigenvalue weighted by molar-refractivity contribution is -0.145. The maximum absolute atomic E-state index is 12.3. The molecular weight excluding hydrogens is 362 g/mol. The Balaban J connectivity index is 2.09. The van der Waals surface area contributed by atoms with E-state index in [2.05, 4.69) is 4.98 Å². The van der Waals surface area contributed by atoms with E-state index in [1.54, 1.807) is 20.8 Å². The van der Waals surface area contributed by atoms with Gasteiger partial charge in [-0.25, -0.2) is 9.59 Å². The first-order chi connectivity index (χ1) is 13.5. The molecule has 2 aromatic rings. The van der Waals surface area contributed by atoms with Crippen LogP contribution in [0.2, 0.25) is 0 Å². The van der Waals surface area contributed by atoms with Crippen LogP contribution in [0.5, 0.6) is 0 Å². The van der Waals surface area contributed by atoms with Crippen LogP contribution in [0.1, 0.15) is 57.9 Å². The highest BCUT2D eigenvalue weighted by Gasteiger charge is 2.26. The van der Waals surface area contributed by atoms with E-state index in [1.807, 2.05) is 30.3 Å². The van der Waals surface area contributed by atoms with Crippen LogP contribution in [0.25, 0.3) is 0 Å². The molecule has 1 aromatic heterocycles. The molecule has 0 unspecified atom stereocenters. The molecule has 0 radical (unpaired) electrons. The smallest absolute Gasteiger partial charge is 0.355 e. The van der Waals surface area contributed by atoms with E-state index < -0.39 is 17.9 Å². The summed E-state index contributed by atoms with van der Waals surface area (Å²) in [5, 5.41) is 0. The fraction of sp³-hybridized carbons (Fsp3) is 0.381. The van der Waals surface area contributed by atoms with E-state index in [1.165, 1.54) is 0 Å². The molecule has 2 rings (SSSR count). The number of benzene rings is 1. The predicted octanol–water partition coefficient (Wildman–Crippen LogP) is 3.35. The molecule has 1 heterocycles. The molecular formula is C21H25NO6. The largest absolute Gasteiger partial charge is 0.462 e. The summed E-state index contributed by atoms with van der Waals surface area (Å²) in [6.07, 6.45) is 0.769. The van der Waals surface area contributed by atoms with Crippen molar-refractivity contribution in [2.75, 3.05) is 13.2 Å². The lowest BCUT2D eigenvalue weighted by Gasteiger charge is -2.07. The van der Waals surface area contributed by atoms with Gasteiger partial charge in [0.25, 0.3) is 0 Å². The Kier molecular flexibility index (Phi) is 7.80. The van der Waals surface area contributed by atoms with E-state index in [4.69, 9.17) is 14.2 Å². The van der Waals surface area contributed by atoms with Gasteiger partial charge in [-0.15, -0.1) is 0 Å². The number of H-pyrrole nitrogens is 1.